The zero-order valence-corrected chi connectivity index (χ0v) is 21.1. The van der Waals surface area contributed by atoms with Crippen molar-refractivity contribution in [3.8, 4) is 5.88 Å². The van der Waals surface area contributed by atoms with Gasteiger partial charge in [0.15, 0.2) is 15.6 Å². The fraction of sp³-hybridized carbons (Fsp3) is 0.524. The predicted molar refractivity (Wildman–Crippen MR) is 125 cm³/mol. The van der Waals surface area contributed by atoms with E-state index in [4.69, 9.17) is 4.18 Å². The summed E-state index contributed by atoms with van der Waals surface area (Å²) in [5, 5.41) is 4.09. The lowest BCUT2D eigenvalue weighted by Gasteiger charge is -2.27. The number of fused-ring (bicyclic) bond motifs is 1. The maximum absolute atomic E-state index is 13.5. The number of benzene rings is 1. The minimum Gasteiger partial charge on any atom is -0.361 e. The van der Waals surface area contributed by atoms with Crippen molar-refractivity contribution in [1.29, 1.82) is 0 Å². The van der Waals surface area contributed by atoms with Gasteiger partial charge in [-0.15, -0.1) is 0 Å². The van der Waals surface area contributed by atoms with Crippen molar-refractivity contribution in [3.05, 3.63) is 40.6 Å². The Balaban J connectivity index is 2.12. The monoisotopic (exact) mass is 500 g/mol. The van der Waals surface area contributed by atoms with Crippen molar-refractivity contribution in [2.75, 3.05) is 17.3 Å². The molecular weight excluding hydrogens is 472 g/mol. The third-order valence-electron chi connectivity index (χ3n) is 5.39. The number of aromatic nitrogens is 2. The van der Waals surface area contributed by atoms with Crippen molar-refractivity contribution in [3.63, 3.8) is 0 Å². The lowest BCUT2D eigenvalue weighted by atomic mass is 9.94. The normalized spacial score (nSPS) is 17.7. The van der Waals surface area contributed by atoms with Crippen LogP contribution in [0.5, 0.6) is 5.88 Å². The van der Waals surface area contributed by atoms with Gasteiger partial charge in [0.1, 0.15) is 5.56 Å². The minimum absolute atomic E-state index is 0.0229. The highest BCUT2D eigenvalue weighted by Gasteiger charge is 2.34. The fourth-order valence-electron chi connectivity index (χ4n) is 3.91. The van der Waals surface area contributed by atoms with E-state index in [1.165, 1.54) is 23.0 Å². The SMILES string of the molecule is CCCS(=O)(=O)Oc1c(C(=O)c2ccc3c(c2C)C(SCC)CCS3(=O)=O)cnn1CC. The Labute approximate surface area is 193 Å². The van der Waals surface area contributed by atoms with E-state index in [0.717, 1.165) is 5.75 Å². The standard InChI is InChI=1S/C21H28N2O6S3/c1-5-11-32(27,28)29-21-16(13-22-23(21)6-2)20(24)15-8-9-18-19(14(15)4)17(30-7-3)10-12-31(18,25)26/h8-9,13,17H,5-7,10-12H2,1-4H3. The first-order chi connectivity index (χ1) is 15.1. The van der Waals surface area contributed by atoms with E-state index in [0.29, 0.717) is 36.1 Å². The molecule has 1 atom stereocenters. The highest BCUT2D eigenvalue weighted by molar-refractivity contribution is 7.99. The molecule has 1 aromatic carbocycles. The summed E-state index contributed by atoms with van der Waals surface area (Å²) in [5.41, 5.74) is 1.61. The van der Waals surface area contributed by atoms with E-state index in [1.807, 2.05) is 6.92 Å². The number of rotatable bonds is 9. The number of hydrogen-bond donors (Lipinski definition) is 0. The summed E-state index contributed by atoms with van der Waals surface area (Å²) in [7, 11) is -7.28. The fourth-order valence-corrected chi connectivity index (χ4v) is 7.96. The van der Waals surface area contributed by atoms with Crippen LogP contribution in [0.15, 0.2) is 23.2 Å². The van der Waals surface area contributed by atoms with Gasteiger partial charge < -0.3 is 4.18 Å². The zero-order valence-electron chi connectivity index (χ0n) is 18.6. The van der Waals surface area contributed by atoms with Crippen molar-refractivity contribution in [1.82, 2.24) is 9.78 Å². The topological polar surface area (TPSA) is 112 Å². The number of sulfone groups is 1. The van der Waals surface area contributed by atoms with Gasteiger partial charge in [-0.05, 0) is 55.7 Å². The molecule has 32 heavy (non-hydrogen) atoms. The summed E-state index contributed by atoms with van der Waals surface area (Å²) in [6.45, 7) is 7.56. The van der Waals surface area contributed by atoms with E-state index in [9.17, 15) is 21.6 Å². The predicted octanol–water partition coefficient (Wildman–Crippen LogP) is 3.53. The van der Waals surface area contributed by atoms with E-state index in [2.05, 4.69) is 5.10 Å². The molecule has 0 saturated heterocycles. The molecular formula is C21H28N2O6S3. The molecule has 0 fully saturated rings. The smallest absolute Gasteiger partial charge is 0.310 e. The third-order valence-corrected chi connectivity index (χ3v) is 9.71. The van der Waals surface area contributed by atoms with Gasteiger partial charge in [-0.2, -0.15) is 25.3 Å². The highest BCUT2D eigenvalue weighted by Crippen LogP contribution is 2.43. The van der Waals surface area contributed by atoms with Crippen molar-refractivity contribution >= 4 is 37.5 Å². The van der Waals surface area contributed by atoms with Crippen LogP contribution in [0.3, 0.4) is 0 Å². The van der Waals surface area contributed by atoms with Crippen molar-refractivity contribution < 1.29 is 25.8 Å². The number of nitrogens with zero attached hydrogens (tertiary/aromatic N) is 2. The summed E-state index contributed by atoms with van der Waals surface area (Å²) >= 11 is 1.65. The summed E-state index contributed by atoms with van der Waals surface area (Å²) in [4.78, 5) is 13.8. The van der Waals surface area contributed by atoms with Gasteiger partial charge in [0.2, 0.25) is 5.88 Å². The Morgan fingerprint density at radius 1 is 1.25 bits per heavy atom. The van der Waals surface area contributed by atoms with Gasteiger partial charge >= 0.3 is 10.1 Å². The molecule has 3 rings (SSSR count). The third kappa shape index (κ3) is 4.74. The number of ketones is 1. The van der Waals surface area contributed by atoms with Gasteiger partial charge in [0.05, 0.1) is 22.6 Å². The average Bonchev–Trinajstić information content (AvgIpc) is 3.11. The first kappa shape index (κ1) is 24.8. The molecule has 1 aromatic heterocycles. The van der Waals surface area contributed by atoms with Crippen LogP contribution in [0.1, 0.15) is 65.9 Å². The van der Waals surface area contributed by atoms with Gasteiger partial charge in [-0.1, -0.05) is 13.8 Å². The Bertz CT molecular complexity index is 1230. The van der Waals surface area contributed by atoms with Gasteiger partial charge in [-0.25, -0.2) is 13.1 Å². The molecule has 11 heteroatoms. The van der Waals surface area contributed by atoms with Gasteiger partial charge in [0.25, 0.3) is 0 Å². The molecule has 0 spiro atoms. The molecule has 0 N–H and O–H groups in total. The van der Waals surface area contributed by atoms with E-state index in [-0.39, 0.29) is 33.1 Å². The maximum atomic E-state index is 13.5. The number of hydrogen-bond acceptors (Lipinski definition) is 8. The van der Waals surface area contributed by atoms with Crippen LogP contribution in [-0.4, -0.2) is 49.7 Å². The molecule has 0 amide bonds. The molecule has 2 aromatic rings. The molecule has 0 saturated carbocycles. The summed E-state index contributed by atoms with van der Waals surface area (Å²) in [6, 6.07) is 2.99. The summed E-state index contributed by atoms with van der Waals surface area (Å²) < 4.78 is 56.5. The average molecular weight is 501 g/mol. The second-order valence-corrected chi connectivity index (χ2v) is 12.8. The molecule has 1 aliphatic rings. The second-order valence-electron chi connectivity index (χ2n) is 7.55. The van der Waals surface area contributed by atoms with E-state index in [1.54, 1.807) is 32.5 Å². The summed E-state index contributed by atoms with van der Waals surface area (Å²) in [6.07, 6.45) is 2.17. The van der Waals surface area contributed by atoms with Gasteiger partial charge in [0, 0.05) is 17.4 Å². The molecule has 1 aliphatic heterocycles. The molecule has 176 valence electrons. The molecule has 2 heterocycles. The molecule has 8 nitrogen and oxygen atoms in total. The highest BCUT2D eigenvalue weighted by atomic mass is 32.2. The zero-order chi connectivity index (χ0) is 23.7. The molecule has 0 bridgehead atoms. The number of carbonyl (C=O) groups excluding carboxylic acids is 1. The molecule has 1 unspecified atom stereocenters. The number of aryl methyl sites for hydroxylation is 1. The van der Waals surface area contributed by atoms with E-state index >= 15 is 0 Å². The summed E-state index contributed by atoms with van der Waals surface area (Å²) in [5.74, 6) is 0.158. The van der Waals surface area contributed by atoms with Crippen LogP contribution in [0.25, 0.3) is 0 Å². The maximum Gasteiger partial charge on any atom is 0.310 e. The lowest BCUT2D eigenvalue weighted by molar-refractivity contribution is 0.103. The van der Waals surface area contributed by atoms with Crippen molar-refractivity contribution in [2.24, 2.45) is 0 Å². The Morgan fingerprint density at radius 3 is 2.59 bits per heavy atom. The van der Waals surface area contributed by atoms with E-state index < -0.39 is 25.7 Å². The number of carbonyl (C=O) groups is 1. The minimum atomic E-state index is -3.88. The van der Waals surface area contributed by atoms with Crippen molar-refractivity contribution in [2.45, 2.75) is 57.2 Å². The first-order valence-corrected chi connectivity index (χ1v) is 14.8. The Kier molecular flexibility index (Phi) is 7.41. The van der Waals surface area contributed by atoms with Crippen LogP contribution in [-0.2, 0) is 26.5 Å². The van der Waals surface area contributed by atoms with Crippen LogP contribution in [0.2, 0.25) is 0 Å². The Hall–Kier alpha value is -1.85. The Morgan fingerprint density at radius 2 is 1.97 bits per heavy atom. The quantitative estimate of drug-likeness (QED) is 0.380. The van der Waals surface area contributed by atoms with Gasteiger partial charge in [-0.3, -0.25) is 4.79 Å². The first-order valence-electron chi connectivity index (χ1n) is 10.6. The van der Waals surface area contributed by atoms with Crippen LogP contribution in [0.4, 0.5) is 0 Å². The molecule has 0 radical (unpaired) electrons. The second kappa shape index (κ2) is 9.56. The lowest BCUT2D eigenvalue weighted by Crippen LogP contribution is -2.22. The largest absolute Gasteiger partial charge is 0.361 e. The van der Waals surface area contributed by atoms with Crippen LogP contribution >= 0.6 is 11.8 Å². The number of thioether (sulfide) groups is 1. The molecule has 0 aliphatic carbocycles. The van der Waals surface area contributed by atoms with Crippen LogP contribution in [0, 0.1) is 6.92 Å². The van der Waals surface area contributed by atoms with Crippen LogP contribution < -0.4 is 4.18 Å².